The molecular formula is C14H10KNaO4. The van der Waals surface area contributed by atoms with Crippen LogP contribution in [0.3, 0.4) is 0 Å². The van der Waals surface area contributed by atoms with Crippen molar-refractivity contribution in [2.75, 3.05) is 0 Å². The van der Waals surface area contributed by atoms with E-state index in [0.29, 0.717) is 0 Å². The van der Waals surface area contributed by atoms with Gasteiger partial charge >= 0.3 is 80.9 Å². The third-order valence-corrected chi connectivity index (χ3v) is 2.02. The van der Waals surface area contributed by atoms with Crippen LogP contribution < -0.4 is 91.2 Å². The Bertz CT molecular complexity index is 468. The fourth-order valence-corrected chi connectivity index (χ4v) is 1.15. The average molecular weight is 304 g/mol. The predicted octanol–water partition coefficient (Wildman–Crippen LogP) is -5.89. The van der Waals surface area contributed by atoms with Gasteiger partial charge in [0.1, 0.15) is 0 Å². The van der Waals surface area contributed by atoms with E-state index in [9.17, 15) is 19.8 Å². The van der Waals surface area contributed by atoms with Gasteiger partial charge in [-0.1, -0.05) is 60.7 Å². The largest absolute Gasteiger partial charge is 1.00 e. The van der Waals surface area contributed by atoms with Gasteiger partial charge in [-0.3, -0.25) is 0 Å². The molecule has 92 valence electrons. The van der Waals surface area contributed by atoms with Crippen molar-refractivity contribution in [1.29, 1.82) is 0 Å². The Balaban J connectivity index is 0. The van der Waals surface area contributed by atoms with Crippen LogP contribution in [0.15, 0.2) is 60.7 Å². The molecule has 0 aliphatic rings. The van der Waals surface area contributed by atoms with Gasteiger partial charge in [-0.15, -0.1) is 0 Å². The van der Waals surface area contributed by atoms with Crippen LogP contribution in [0.4, 0.5) is 0 Å². The van der Waals surface area contributed by atoms with Crippen LogP contribution in [-0.2, 0) is 0 Å². The van der Waals surface area contributed by atoms with E-state index in [1.807, 2.05) is 0 Å². The molecule has 0 aromatic heterocycles. The molecule has 0 saturated carbocycles. The van der Waals surface area contributed by atoms with Crippen molar-refractivity contribution >= 4 is 11.9 Å². The van der Waals surface area contributed by atoms with E-state index in [0.717, 1.165) is 0 Å². The first-order valence-corrected chi connectivity index (χ1v) is 5.14. The molecule has 0 fully saturated rings. The van der Waals surface area contributed by atoms with Gasteiger partial charge in [-0.25, -0.2) is 0 Å². The summed E-state index contributed by atoms with van der Waals surface area (Å²) in [7, 11) is 0. The topological polar surface area (TPSA) is 80.3 Å². The molecule has 0 amide bonds. The van der Waals surface area contributed by atoms with Crippen molar-refractivity contribution in [2.45, 2.75) is 0 Å². The minimum absolute atomic E-state index is 0. The number of hydrogen-bond donors (Lipinski definition) is 0. The number of carboxylic acids is 2. The van der Waals surface area contributed by atoms with Crippen LogP contribution in [0.25, 0.3) is 0 Å². The number of benzene rings is 2. The Hall–Kier alpha value is 0.0164. The zero-order valence-electron chi connectivity index (χ0n) is 11.4. The molecular weight excluding hydrogens is 294 g/mol. The fraction of sp³-hybridized carbons (Fsp3) is 0. The van der Waals surface area contributed by atoms with Crippen LogP contribution >= 0.6 is 0 Å². The van der Waals surface area contributed by atoms with Crippen molar-refractivity contribution in [3.63, 3.8) is 0 Å². The monoisotopic (exact) mass is 304 g/mol. The Labute approximate surface area is 181 Å². The molecule has 0 heterocycles. The van der Waals surface area contributed by atoms with E-state index in [1.165, 1.54) is 24.3 Å². The second-order valence-corrected chi connectivity index (χ2v) is 3.31. The first-order valence-electron chi connectivity index (χ1n) is 5.14. The molecule has 0 aliphatic heterocycles. The first kappa shape index (κ1) is 22.3. The van der Waals surface area contributed by atoms with E-state index in [-0.39, 0.29) is 92.1 Å². The van der Waals surface area contributed by atoms with Crippen molar-refractivity contribution < 1.29 is 101 Å². The zero-order valence-corrected chi connectivity index (χ0v) is 16.5. The van der Waals surface area contributed by atoms with E-state index in [1.54, 1.807) is 36.4 Å². The molecule has 2 aromatic carbocycles. The van der Waals surface area contributed by atoms with Gasteiger partial charge in [0.2, 0.25) is 0 Å². The van der Waals surface area contributed by atoms with Crippen LogP contribution in [0.5, 0.6) is 0 Å². The molecule has 0 radical (unpaired) electrons. The molecule has 0 unspecified atom stereocenters. The molecule has 0 atom stereocenters. The number of aromatic carboxylic acids is 2. The van der Waals surface area contributed by atoms with Crippen LogP contribution in [-0.4, -0.2) is 11.9 Å². The van der Waals surface area contributed by atoms with Crippen molar-refractivity contribution in [1.82, 2.24) is 0 Å². The van der Waals surface area contributed by atoms with Gasteiger partial charge in [0.25, 0.3) is 0 Å². The van der Waals surface area contributed by atoms with E-state index in [2.05, 4.69) is 0 Å². The van der Waals surface area contributed by atoms with Crippen molar-refractivity contribution in [2.24, 2.45) is 0 Å². The summed E-state index contributed by atoms with van der Waals surface area (Å²) in [4.78, 5) is 20.2. The maximum Gasteiger partial charge on any atom is 1.00 e. The van der Waals surface area contributed by atoms with E-state index >= 15 is 0 Å². The molecule has 0 aliphatic carbocycles. The van der Waals surface area contributed by atoms with Crippen LogP contribution in [0.2, 0.25) is 0 Å². The van der Waals surface area contributed by atoms with Gasteiger partial charge < -0.3 is 19.8 Å². The van der Waals surface area contributed by atoms with Crippen LogP contribution in [0, 0.1) is 0 Å². The fourth-order valence-electron chi connectivity index (χ4n) is 1.15. The number of carboxylic acid groups (broad SMARTS) is 2. The average Bonchev–Trinajstić information content (AvgIpc) is 2.41. The maximum absolute atomic E-state index is 10.1. The van der Waals surface area contributed by atoms with Gasteiger partial charge in [0.15, 0.2) is 0 Å². The smallest absolute Gasteiger partial charge is 0.545 e. The molecule has 0 N–H and O–H groups in total. The molecule has 6 heteroatoms. The second kappa shape index (κ2) is 12.7. The molecule has 0 bridgehead atoms. The summed E-state index contributed by atoms with van der Waals surface area (Å²) >= 11 is 0. The van der Waals surface area contributed by atoms with Crippen molar-refractivity contribution in [3.8, 4) is 0 Å². The molecule has 2 aromatic rings. The Morgan fingerprint density at radius 3 is 1.05 bits per heavy atom. The molecule has 2 rings (SSSR count). The minimum Gasteiger partial charge on any atom is -0.545 e. The summed E-state index contributed by atoms with van der Waals surface area (Å²) in [6, 6.07) is 16.1. The SMILES string of the molecule is O=C([O-])c1ccccc1.O=C([O-])c1ccccc1.[K+].[Na+]. The zero-order chi connectivity index (χ0) is 13.4. The Morgan fingerprint density at radius 2 is 0.900 bits per heavy atom. The maximum atomic E-state index is 10.1. The van der Waals surface area contributed by atoms with Gasteiger partial charge in [-0.05, 0) is 11.1 Å². The standard InChI is InChI=1S/2C7H6O2.K.Na/c2*8-7(9)6-4-2-1-3-5-6;;/h2*1-5H,(H,8,9);;/q;;2*+1/p-2. The Morgan fingerprint density at radius 1 is 0.650 bits per heavy atom. The summed E-state index contributed by atoms with van der Waals surface area (Å²) in [6.07, 6.45) is 0. The van der Waals surface area contributed by atoms with E-state index < -0.39 is 11.9 Å². The number of rotatable bonds is 2. The quantitative estimate of drug-likeness (QED) is 0.518. The van der Waals surface area contributed by atoms with Gasteiger partial charge in [-0.2, -0.15) is 0 Å². The summed E-state index contributed by atoms with van der Waals surface area (Å²) in [5, 5.41) is 20.2. The Kier molecular flexibility index (Phi) is 14.2. The molecule has 20 heavy (non-hydrogen) atoms. The minimum atomic E-state index is -1.13. The molecule has 4 nitrogen and oxygen atoms in total. The van der Waals surface area contributed by atoms with E-state index in [4.69, 9.17) is 0 Å². The third kappa shape index (κ3) is 9.04. The molecule has 0 saturated heterocycles. The van der Waals surface area contributed by atoms with Gasteiger partial charge in [0.05, 0.1) is 11.9 Å². The van der Waals surface area contributed by atoms with Crippen LogP contribution in [0.1, 0.15) is 20.7 Å². The number of hydrogen-bond acceptors (Lipinski definition) is 4. The normalized spacial score (nSPS) is 8.00. The van der Waals surface area contributed by atoms with Crippen molar-refractivity contribution in [3.05, 3.63) is 71.8 Å². The summed E-state index contributed by atoms with van der Waals surface area (Å²) in [6.45, 7) is 0. The first-order chi connectivity index (χ1) is 8.61. The molecule has 0 spiro atoms. The summed E-state index contributed by atoms with van der Waals surface area (Å²) in [5.74, 6) is -2.26. The second-order valence-electron chi connectivity index (χ2n) is 3.31. The summed E-state index contributed by atoms with van der Waals surface area (Å²) in [5.41, 5.74) is 0.440. The van der Waals surface area contributed by atoms with Gasteiger partial charge in [0, 0.05) is 0 Å². The number of carbonyl (C=O) groups excluding carboxylic acids is 2. The third-order valence-electron chi connectivity index (χ3n) is 2.02. The number of carbonyl (C=O) groups is 2. The predicted molar refractivity (Wildman–Crippen MR) is 61.5 cm³/mol. The summed E-state index contributed by atoms with van der Waals surface area (Å²) < 4.78 is 0.